The van der Waals surface area contributed by atoms with E-state index in [-0.39, 0.29) is 22.8 Å². The third-order valence-electron chi connectivity index (χ3n) is 5.84. The quantitative estimate of drug-likeness (QED) is 0.588. The number of sulfone groups is 1. The van der Waals surface area contributed by atoms with Gasteiger partial charge in [0.05, 0.1) is 11.0 Å². The molecular formula is C22H35NO3S. The van der Waals surface area contributed by atoms with Gasteiger partial charge in [-0.3, -0.25) is 4.79 Å². The van der Waals surface area contributed by atoms with Gasteiger partial charge in [0.1, 0.15) is 5.78 Å². The minimum atomic E-state index is -2.98. The lowest BCUT2D eigenvalue weighted by Crippen LogP contribution is -2.29. The molecule has 152 valence electrons. The van der Waals surface area contributed by atoms with E-state index in [9.17, 15) is 13.2 Å². The largest absolute Gasteiger partial charge is 0.372 e. The van der Waals surface area contributed by atoms with Crippen LogP contribution in [0.4, 0.5) is 5.69 Å². The van der Waals surface area contributed by atoms with Crippen LogP contribution in [0, 0.1) is 11.8 Å². The molecule has 5 heteroatoms. The van der Waals surface area contributed by atoms with Crippen LogP contribution in [0.3, 0.4) is 0 Å². The molecule has 1 fully saturated rings. The second kappa shape index (κ2) is 10.3. The summed E-state index contributed by atoms with van der Waals surface area (Å²) in [4.78, 5) is 14.9. The molecule has 1 aromatic carbocycles. The number of rotatable bonds is 10. The van der Waals surface area contributed by atoms with Gasteiger partial charge in [-0.2, -0.15) is 0 Å². The molecule has 0 heterocycles. The fourth-order valence-electron chi connectivity index (χ4n) is 3.93. The van der Waals surface area contributed by atoms with Gasteiger partial charge in [0, 0.05) is 31.1 Å². The highest BCUT2D eigenvalue weighted by molar-refractivity contribution is 7.91. The lowest BCUT2D eigenvalue weighted by atomic mass is 9.80. The van der Waals surface area contributed by atoms with Gasteiger partial charge in [0.15, 0.2) is 9.84 Å². The number of nitrogens with zero attached hydrogens (tertiary/aromatic N) is 1. The molecule has 0 radical (unpaired) electrons. The molecule has 1 saturated carbocycles. The van der Waals surface area contributed by atoms with Gasteiger partial charge >= 0.3 is 0 Å². The lowest BCUT2D eigenvalue weighted by Gasteiger charge is -2.28. The zero-order chi connectivity index (χ0) is 19.9. The standard InChI is InChI=1S/C22H35NO3S/c1-4-23(21-9-6-5-7-10-21)16-8-11-22(24)20-14-12-19(13-15-20)17-27(25,26)18(2)3/h5-7,9-10,18-20H,4,8,11-17H2,1-3H3. The molecule has 0 aromatic heterocycles. The SMILES string of the molecule is CCN(CCCC(=O)C1CCC(CS(=O)(=O)C(C)C)CC1)c1ccccc1. The monoisotopic (exact) mass is 393 g/mol. The molecule has 0 unspecified atom stereocenters. The van der Waals surface area contributed by atoms with Gasteiger partial charge in [-0.05, 0) is 70.9 Å². The Kier molecular flexibility index (Phi) is 8.33. The average Bonchev–Trinajstić information content (AvgIpc) is 2.66. The molecular weight excluding hydrogens is 358 g/mol. The van der Waals surface area contributed by atoms with E-state index in [0.29, 0.717) is 12.2 Å². The Morgan fingerprint density at radius 2 is 1.74 bits per heavy atom. The van der Waals surface area contributed by atoms with Crippen molar-refractivity contribution in [2.24, 2.45) is 11.8 Å². The van der Waals surface area contributed by atoms with Crippen molar-refractivity contribution in [3.63, 3.8) is 0 Å². The number of carbonyl (C=O) groups excluding carboxylic acids is 1. The van der Waals surface area contributed by atoms with E-state index < -0.39 is 9.84 Å². The Morgan fingerprint density at radius 3 is 2.30 bits per heavy atom. The zero-order valence-electron chi connectivity index (χ0n) is 17.1. The molecule has 1 aliphatic carbocycles. The van der Waals surface area contributed by atoms with Gasteiger partial charge in [0.25, 0.3) is 0 Å². The molecule has 0 aliphatic heterocycles. The van der Waals surface area contributed by atoms with Gasteiger partial charge in [-0.1, -0.05) is 18.2 Å². The lowest BCUT2D eigenvalue weighted by molar-refractivity contribution is -0.124. The number of hydrogen-bond acceptors (Lipinski definition) is 4. The Hall–Kier alpha value is -1.36. The number of para-hydroxylation sites is 1. The third-order valence-corrected chi connectivity index (χ3v) is 8.22. The fourth-order valence-corrected chi connectivity index (χ4v) is 5.30. The highest BCUT2D eigenvalue weighted by Crippen LogP contribution is 2.31. The van der Waals surface area contributed by atoms with Crippen LogP contribution in [0.5, 0.6) is 0 Å². The second-order valence-electron chi connectivity index (χ2n) is 8.08. The van der Waals surface area contributed by atoms with Gasteiger partial charge in [0.2, 0.25) is 0 Å². The van der Waals surface area contributed by atoms with Crippen LogP contribution in [-0.4, -0.2) is 38.3 Å². The molecule has 1 aromatic rings. The molecule has 0 atom stereocenters. The first-order valence-corrected chi connectivity index (χ1v) is 12.1. The highest BCUT2D eigenvalue weighted by Gasteiger charge is 2.29. The number of Topliss-reactive ketones (excluding diaryl/α,β-unsaturated/α-hetero) is 1. The minimum absolute atomic E-state index is 0.134. The Labute approximate surface area is 165 Å². The van der Waals surface area contributed by atoms with E-state index in [4.69, 9.17) is 0 Å². The van der Waals surface area contributed by atoms with Crippen molar-refractivity contribution in [1.29, 1.82) is 0 Å². The van der Waals surface area contributed by atoms with Crippen molar-refractivity contribution in [2.45, 2.75) is 64.5 Å². The summed E-state index contributed by atoms with van der Waals surface area (Å²) in [5.41, 5.74) is 1.21. The number of anilines is 1. The summed E-state index contributed by atoms with van der Waals surface area (Å²) >= 11 is 0. The number of benzene rings is 1. The summed E-state index contributed by atoms with van der Waals surface area (Å²) in [5, 5.41) is -0.303. The zero-order valence-corrected chi connectivity index (χ0v) is 17.9. The first kappa shape index (κ1) is 21.9. The fraction of sp³-hybridized carbons (Fsp3) is 0.682. The van der Waals surface area contributed by atoms with Crippen molar-refractivity contribution in [3.8, 4) is 0 Å². The number of ketones is 1. The Bertz CT molecular complexity index is 677. The smallest absolute Gasteiger partial charge is 0.152 e. The molecule has 2 rings (SSSR count). The third kappa shape index (κ3) is 6.63. The maximum atomic E-state index is 12.6. The van der Waals surface area contributed by atoms with E-state index in [1.807, 2.05) is 18.2 Å². The minimum Gasteiger partial charge on any atom is -0.372 e. The van der Waals surface area contributed by atoms with E-state index in [0.717, 1.165) is 45.2 Å². The van der Waals surface area contributed by atoms with Crippen molar-refractivity contribution in [1.82, 2.24) is 0 Å². The summed E-state index contributed by atoms with van der Waals surface area (Å²) in [6.45, 7) is 7.47. The van der Waals surface area contributed by atoms with Crippen LogP contribution in [-0.2, 0) is 14.6 Å². The predicted octanol–water partition coefficient (Wildman–Crippen LogP) is 4.49. The molecule has 0 bridgehead atoms. The van der Waals surface area contributed by atoms with Gasteiger partial charge in [-0.15, -0.1) is 0 Å². The first-order chi connectivity index (χ1) is 12.8. The second-order valence-corrected chi connectivity index (χ2v) is 10.7. The first-order valence-electron chi connectivity index (χ1n) is 10.4. The molecule has 1 aliphatic rings. The van der Waals surface area contributed by atoms with E-state index in [1.165, 1.54) is 5.69 Å². The summed E-state index contributed by atoms with van der Waals surface area (Å²) < 4.78 is 24.2. The van der Waals surface area contributed by atoms with Crippen LogP contribution in [0.15, 0.2) is 30.3 Å². The van der Waals surface area contributed by atoms with Crippen molar-refractivity contribution >= 4 is 21.3 Å². The van der Waals surface area contributed by atoms with Crippen LogP contribution in [0.2, 0.25) is 0 Å². The van der Waals surface area contributed by atoms with Crippen LogP contribution in [0.1, 0.15) is 59.3 Å². The van der Waals surface area contributed by atoms with E-state index in [1.54, 1.807) is 13.8 Å². The maximum absolute atomic E-state index is 12.6. The predicted molar refractivity (Wildman–Crippen MR) is 113 cm³/mol. The van der Waals surface area contributed by atoms with E-state index in [2.05, 4.69) is 24.0 Å². The maximum Gasteiger partial charge on any atom is 0.152 e. The summed E-state index contributed by atoms with van der Waals surface area (Å²) in [6.07, 6.45) is 4.95. The van der Waals surface area contributed by atoms with Crippen LogP contribution < -0.4 is 4.90 Å². The molecule has 27 heavy (non-hydrogen) atoms. The normalized spacial score (nSPS) is 20.6. The molecule has 0 amide bonds. The number of carbonyl (C=O) groups is 1. The van der Waals surface area contributed by atoms with Crippen LogP contribution in [0.25, 0.3) is 0 Å². The molecule has 4 nitrogen and oxygen atoms in total. The Morgan fingerprint density at radius 1 is 1.11 bits per heavy atom. The number of hydrogen-bond donors (Lipinski definition) is 0. The van der Waals surface area contributed by atoms with Crippen LogP contribution >= 0.6 is 0 Å². The molecule has 0 saturated heterocycles. The van der Waals surface area contributed by atoms with Crippen molar-refractivity contribution in [3.05, 3.63) is 30.3 Å². The summed E-state index contributed by atoms with van der Waals surface area (Å²) in [5.74, 6) is 1.02. The topological polar surface area (TPSA) is 54.5 Å². The molecule has 0 spiro atoms. The van der Waals surface area contributed by atoms with Crippen molar-refractivity contribution < 1.29 is 13.2 Å². The highest BCUT2D eigenvalue weighted by atomic mass is 32.2. The van der Waals surface area contributed by atoms with Crippen molar-refractivity contribution in [2.75, 3.05) is 23.7 Å². The Balaban J connectivity index is 1.73. The molecule has 0 N–H and O–H groups in total. The van der Waals surface area contributed by atoms with E-state index >= 15 is 0 Å². The summed E-state index contributed by atoms with van der Waals surface area (Å²) in [6, 6.07) is 10.3. The van der Waals surface area contributed by atoms with Gasteiger partial charge < -0.3 is 4.90 Å². The average molecular weight is 394 g/mol. The summed E-state index contributed by atoms with van der Waals surface area (Å²) in [7, 11) is -2.98. The van der Waals surface area contributed by atoms with Gasteiger partial charge in [-0.25, -0.2) is 8.42 Å².